The summed E-state index contributed by atoms with van der Waals surface area (Å²) in [5.74, 6) is 3.66. The minimum atomic E-state index is -2.13. The van der Waals surface area contributed by atoms with Crippen molar-refractivity contribution in [3.05, 3.63) is 11.5 Å². The van der Waals surface area contributed by atoms with Gasteiger partial charge in [0, 0.05) is 0 Å². The Morgan fingerprint density at radius 1 is 1.15 bits per heavy atom. The van der Waals surface area contributed by atoms with E-state index in [2.05, 4.69) is 55.6 Å². The van der Waals surface area contributed by atoms with Crippen molar-refractivity contribution in [2.24, 2.45) is 0 Å². The zero-order valence-electron chi connectivity index (χ0n) is 14.1. The van der Waals surface area contributed by atoms with Gasteiger partial charge in [0.15, 0.2) is 0 Å². The molecule has 0 amide bonds. The minimum absolute atomic E-state index is 0.132. The predicted molar refractivity (Wildman–Crippen MR) is 94.9 cm³/mol. The number of rotatable bonds is 5. The van der Waals surface area contributed by atoms with Crippen LogP contribution in [0.15, 0.2) is 11.5 Å². The predicted octanol–water partition coefficient (Wildman–Crippen LogP) is 5.30. The maximum absolute atomic E-state index is 6.56. The molecule has 0 aliphatic heterocycles. The van der Waals surface area contributed by atoms with Crippen LogP contribution in [-0.4, -0.2) is 27.2 Å². The van der Waals surface area contributed by atoms with Gasteiger partial charge in [-0.15, -0.1) is 0 Å². The van der Waals surface area contributed by atoms with E-state index in [9.17, 15) is 0 Å². The third kappa shape index (κ3) is 5.09. The van der Waals surface area contributed by atoms with Crippen molar-refractivity contribution in [3.8, 4) is 10.7 Å². The van der Waals surface area contributed by atoms with Gasteiger partial charge in [0.2, 0.25) is 0 Å². The number of hydrogen-bond acceptors (Lipinski definition) is 1. The molecule has 1 aliphatic carbocycles. The van der Waals surface area contributed by atoms with Crippen molar-refractivity contribution in [2.45, 2.75) is 81.7 Å². The second-order valence-corrected chi connectivity index (χ2v) is 20.7. The molecule has 0 N–H and O–H groups in total. The Morgan fingerprint density at radius 2 is 1.70 bits per heavy atom. The molecule has 0 radical (unpaired) electrons. The standard InChI is InChI=1S/C17H32GeOSi/c1-7-18(8-2,9-3)16-15-17(19-20(4,5)6)13-11-10-12-14-17/h7H,1,8-14H2,2-6H3. The second-order valence-electron chi connectivity index (χ2n) is 7.09. The zero-order chi connectivity index (χ0) is 15.3. The summed E-state index contributed by atoms with van der Waals surface area (Å²) in [4.78, 5) is 2.22. The van der Waals surface area contributed by atoms with E-state index in [0.29, 0.717) is 0 Å². The van der Waals surface area contributed by atoms with Crippen LogP contribution in [0.3, 0.4) is 0 Å². The fraction of sp³-hybridized carbons (Fsp3) is 0.765. The molecule has 0 bridgehead atoms. The summed E-state index contributed by atoms with van der Waals surface area (Å²) in [7, 11) is -1.55. The first kappa shape index (κ1) is 18.1. The van der Waals surface area contributed by atoms with Gasteiger partial charge in [0.25, 0.3) is 0 Å². The van der Waals surface area contributed by atoms with Gasteiger partial charge in [-0.05, 0) is 0 Å². The summed E-state index contributed by atoms with van der Waals surface area (Å²) in [6.07, 6.45) is 6.14. The molecular formula is C17H32GeOSi. The summed E-state index contributed by atoms with van der Waals surface area (Å²) in [5.41, 5.74) is -0.132. The van der Waals surface area contributed by atoms with E-state index < -0.39 is 21.6 Å². The molecule has 0 aromatic rings. The number of hydrogen-bond donors (Lipinski definition) is 0. The molecule has 3 heteroatoms. The van der Waals surface area contributed by atoms with Crippen LogP contribution in [-0.2, 0) is 4.43 Å². The summed E-state index contributed by atoms with van der Waals surface area (Å²) in [6.45, 7) is 15.5. The van der Waals surface area contributed by atoms with Gasteiger partial charge in [0.05, 0.1) is 0 Å². The third-order valence-electron chi connectivity index (χ3n) is 4.35. The van der Waals surface area contributed by atoms with E-state index in [1.165, 1.54) is 29.8 Å². The van der Waals surface area contributed by atoms with Crippen molar-refractivity contribution in [2.75, 3.05) is 0 Å². The molecule has 0 spiro atoms. The monoisotopic (exact) mass is 354 g/mol. The van der Waals surface area contributed by atoms with E-state index in [-0.39, 0.29) is 5.60 Å². The quantitative estimate of drug-likeness (QED) is 0.482. The summed E-state index contributed by atoms with van der Waals surface area (Å²) in [6, 6.07) is 0. The molecule has 0 aromatic heterocycles. The molecule has 0 heterocycles. The molecule has 0 unspecified atom stereocenters. The van der Waals surface area contributed by atoms with Crippen LogP contribution in [0, 0.1) is 10.7 Å². The van der Waals surface area contributed by atoms with Gasteiger partial charge in [-0.2, -0.15) is 0 Å². The molecular weight excluding hydrogens is 321 g/mol. The Hall–Kier alpha value is 0.0197. The summed E-state index contributed by atoms with van der Waals surface area (Å²) in [5, 5.41) is 2.44. The van der Waals surface area contributed by atoms with Crippen molar-refractivity contribution < 1.29 is 4.43 Å². The van der Waals surface area contributed by atoms with E-state index in [1.807, 2.05) is 0 Å². The van der Waals surface area contributed by atoms with Crippen LogP contribution in [0.1, 0.15) is 46.0 Å². The fourth-order valence-electron chi connectivity index (χ4n) is 2.97. The normalized spacial score (nSPS) is 19.1. The Kier molecular flexibility index (Phi) is 6.63. The average molecular weight is 353 g/mol. The average Bonchev–Trinajstić information content (AvgIpc) is 2.40. The first-order valence-electron chi connectivity index (χ1n) is 8.18. The van der Waals surface area contributed by atoms with Crippen molar-refractivity contribution in [1.82, 2.24) is 0 Å². The molecule has 0 atom stereocenters. The molecule has 0 saturated heterocycles. The SMILES string of the molecule is C=[CH][Ge]([C]#CC1(O[Si](C)(C)C)CCCCC1)([CH2]C)[CH2]C. The molecule has 1 saturated carbocycles. The van der Waals surface area contributed by atoms with E-state index in [1.54, 1.807) is 0 Å². The van der Waals surface area contributed by atoms with Crippen LogP contribution < -0.4 is 0 Å². The van der Waals surface area contributed by atoms with Crippen LogP contribution in [0.2, 0.25) is 30.1 Å². The maximum atomic E-state index is 6.56. The molecule has 1 nitrogen and oxygen atoms in total. The van der Waals surface area contributed by atoms with Gasteiger partial charge in [-0.3, -0.25) is 0 Å². The van der Waals surface area contributed by atoms with E-state index in [0.717, 1.165) is 12.8 Å². The van der Waals surface area contributed by atoms with Crippen molar-refractivity contribution in [3.63, 3.8) is 0 Å². The first-order chi connectivity index (χ1) is 9.30. The molecule has 0 aromatic carbocycles. The van der Waals surface area contributed by atoms with Crippen LogP contribution in [0.4, 0.5) is 0 Å². The van der Waals surface area contributed by atoms with Gasteiger partial charge in [-0.1, -0.05) is 0 Å². The Balaban J connectivity index is 3.04. The van der Waals surface area contributed by atoms with Gasteiger partial charge >= 0.3 is 130 Å². The van der Waals surface area contributed by atoms with Gasteiger partial charge < -0.3 is 0 Å². The van der Waals surface area contributed by atoms with Gasteiger partial charge in [0.1, 0.15) is 0 Å². The summed E-state index contributed by atoms with van der Waals surface area (Å²) >= 11 is -2.13. The van der Waals surface area contributed by atoms with Gasteiger partial charge in [-0.25, -0.2) is 0 Å². The van der Waals surface area contributed by atoms with E-state index in [4.69, 9.17) is 4.43 Å². The molecule has 114 valence electrons. The topological polar surface area (TPSA) is 9.23 Å². The molecule has 1 rings (SSSR count). The Morgan fingerprint density at radius 3 is 2.10 bits per heavy atom. The second kappa shape index (κ2) is 7.33. The van der Waals surface area contributed by atoms with Crippen molar-refractivity contribution >= 4 is 21.6 Å². The Labute approximate surface area is 130 Å². The van der Waals surface area contributed by atoms with E-state index >= 15 is 0 Å². The Bertz CT molecular complexity index is 376. The van der Waals surface area contributed by atoms with Crippen LogP contribution >= 0.6 is 0 Å². The third-order valence-corrected chi connectivity index (χ3v) is 13.6. The molecule has 1 aliphatic rings. The van der Waals surface area contributed by atoms with Crippen molar-refractivity contribution in [1.29, 1.82) is 0 Å². The zero-order valence-corrected chi connectivity index (χ0v) is 17.2. The van der Waals surface area contributed by atoms with Crippen LogP contribution in [0.5, 0.6) is 0 Å². The summed E-state index contributed by atoms with van der Waals surface area (Å²) < 4.78 is 10.3. The first-order valence-corrected chi connectivity index (χ1v) is 16.8. The molecule has 20 heavy (non-hydrogen) atoms. The molecule has 1 fully saturated rings. The van der Waals surface area contributed by atoms with Crippen LogP contribution in [0.25, 0.3) is 0 Å². The fourth-order valence-corrected chi connectivity index (χ4v) is 8.61.